The van der Waals surface area contributed by atoms with Crippen molar-refractivity contribution in [2.45, 2.75) is 44.8 Å². The Morgan fingerprint density at radius 2 is 2.00 bits per heavy atom. The number of hydrogen-bond donors (Lipinski definition) is 4. The second kappa shape index (κ2) is 7.82. The highest BCUT2D eigenvalue weighted by Gasteiger charge is 2.46. The molecule has 1 saturated heterocycles. The van der Waals surface area contributed by atoms with Crippen LogP contribution in [0, 0.1) is 11.8 Å². The van der Waals surface area contributed by atoms with E-state index in [0.29, 0.717) is 11.5 Å². The summed E-state index contributed by atoms with van der Waals surface area (Å²) in [6, 6.07) is 3.47. The van der Waals surface area contributed by atoms with Crippen LogP contribution in [0.1, 0.15) is 37.4 Å². The van der Waals surface area contributed by atoms with Gasteiger partial charge in [0.25, 0.3) is 0 Å². The quantitative estimate of drug-likeness (QED) is 0.576. The van der Waals surface area contributed by atoms with Crippen LogP contribution in [0.2, 0.25) is 0 Å². The number of hydrazine groups is 1. The van der Waals surface area contributed by atoms with Crippen molar-refractivity contribution in [1.82, 2.24) is 16.2 Å². The first-order valence-electron chi connectivity index (χ1n) is 9.21. The fourth-order valence-corrected chi connectivity index (χ4v) is 3.97. The van der Waals surface area contributed by atoms with E-state index in [4.69, 9.17) is 9.47 Å². The van der Waals surface area contributed by atoms with Crippen LogP contribution in [0.15, 0.2) is 12.1 Å². The van der Waals surface area contributed by atoms with E-state index in [1.165, 1.54) is 5.56 Å². The van der Waals surface area contributed by atoms with E-state index >= 15 is 0 Å². The molecule has 1 fully saturated rings. The maximum Gasteiger partial charge on any atom is 0.239 e. The summed E-state index contributed by atoms with van der Waals surface area (Å²) in [4.78, 5) is 12.8. The van der Waals surface area contributed by atoms with Gasteiger partial charge in [-0.05, 0) is 35.6 Å². The van der Waals surface area contributed by atoms with Crippen molar-refractivity contribution in [3.05, 3.63) is 23.3 Å². The van der Waals surface area contributed by atoms with Gasteiger partial charge < -0.3 is 19.9 Å². The van der Waals surface area contributed by atoms with Crippen LogP contribution in [0.3, 0.4) is 0 Å². The number of aliphatic hydroxyl groups excluding tert-OH is 1. The third-order valence-corrected chi connectivity index (χ3v) is 5.82. The Morgan fingerprint density at radius 1 is 1.31 bits per heavy atom. The molecule has 1 aliphatic heterocycles. The first-order valence-corrected chi connectivity index (χ1v) is 9.21. The van der Waals surface area contributed by atoms with E-state index < -0.39 is 0 Å². The number of ether oxygens (including phenoxy) is 2. The van der Waals surface area contributed by atoms with Gasteiger partial charge in [0.1, 0.15) is 6.04 Å². The van der Waals surface area contributed by atoms with E-state index in [9.17, 15) is 9.90 Å². The summed E-state index contributed by atoms with van der Waals surface area (Å²) in [6.07, 6.45) is 1.69. The fraction of sp³-hybridized carbons (Fsp3) is 0.632. The van der Waals surface area contributed by atoms with Gasteiger partial charge in [-0.3, -0.25) is 4.79 Å². The van der Waals surface area contributed by atoms with Crippen LogP contribution >= 0.6 is 0 Å². The van der Waals surface area contributed by atoms with Gasteiger partial charge in [0.2, 0.25) is 5.91 Å². The topological polar surface area (TPSA) is 91.9 Å². The summed E-state index contributed by atoms with van der Waals surface area (Å²) in [5.41, 5.74) is 8.70. The van der Waals surface area contributed by atoms with E-state index in [2.05, 4.69) is 23.1 Å². The third-order valence-electron chi connectivity index (χ3n) is 5.82. The van der Waals surface area contributed by atoms with Gasteiger partial charge in [-0.15, -0.1) is 0 Å². The van der Waals surface area contributed by atoms with Crippen LogP contribution in [0.25, 0.3) is 0 Å². The molecule has 144 valence electrons. The van der Waals surface area contributed by atoms with Gasteiger partial charge in [-0.25, -0.2) is 10.9 Å². The molecule has 1 heterocycles. The lowest BCUT2D eigenvalue weighted by molar-refractivity contribution is -0.125. The second-order valence-electron chi connectivity index (χ2n) is 7.20. The average Bonchev–Trinajstić information content (AvgIpc) is 3.22. The summed E-state index contributed by atoms with van der Waals surface area (Å²) in [5, 5.41) is 12.6. The Kier molecular flexibility index (Phi) is 5.70. The molecule has 1 aromatic carbocycles. The predicted molar refractivity (Wildman–Crippen MR) is 98.0 cm³/mol. The monoisotopic (exact) mass is 363 g/mol. The van der Waals surface area contributed by atoms with E-state index in [0.717, 1.165) is 18.4 Å². The molecule has 2 aliphatic rings. The van der Waals surface area contributed by atoms with Gasteiger partial charge in [0.05, 0.1) is 32.9 Å². The lowest BCUT2D eigenvalue weighted by atomic mass is 9.93. The molecule has 4 N–H and O–H groups in total. The maximum absolute atomic E-state index is 12.8. The molecular weight excluding hydrogens is 334 g/mol. The molecule has 0 saturated carbocycles. The highest BCUT2D eigenvalue weighted by molar-refractivity contribution is 5.83. The summed E-state index contributed by atoms with van der Waals surface area (Å²) < 4.78 is 10.8. The molecule has 1 amide bonds. The first-order chi connectivity index (χ1) is 12.5. The molecule has 0 aromatic heterocycles. The van der Waals surface area contributed by atoms with Gasteiger partial charge in [0.15, 0.2) is 11.5 Å². The lowest BCUT2D eigenvalue weighted by Crippen LogP contribution is -2.51. The van der Waals surface area contributed by atoms with Crippen molar-refractivity contribution in [1.29, 1.82) is 0 Å². The summed E-state index contributed by atoms with van der Waals surface area (Å²) in [5.74, 6) is 1.66. The number of nitrogens with one attached hydrogen (secondary N) is 3. The fourth-order valence-electron chi connectivity index (χ4n) is 3.97. The Bertz CT molecular complexity index is 666. The van der Waals surface area contributed by atoms with Crippen LogP contribution in [0.5, 0.6) is 11.5 Å². The van der Waals surface area contributed by atoms with Gasteiger partial charge in [-0.2, -0.15) is 0 Å². The van der Waals surface area contributed by atoms with Gasteiger partial charge in [0, 0.05) is 5.92 Å². The summed E-state index contributed by atoms with van der Waals surface area (Å²) in [6.45, 7) is 4.04. The van der Waals surface area contributed by atoms with E-state index in [-0.39, 0.29) is 42.5 Å². The maximum atomic E-state index is 12.8. The number of fused-ring (bicyclic) bond motifs is 3. The number of amides is 1. The van der Waals surface area contributed by atoms with Crippen molar-refractivity contribution < 1.29 is 19.4 Å². The van der Waals surface area contributed by atoms with E-state index in [1.807, 2.05) is 19.1 Å². The number of methoxy groups -OCH3 is 2. The molecule has 0 spiro atoms. The standard InChI is InChI=1S/C19H29N3O4/c1-5-10(2)14(9-23)20-19(24)18-13-6-11-7-15(25-3)16(26-4)8-12(11)17(13)21-22-18/h7-8,10,13-14,17-18,21-23H,5-6,9H2,1-4H3,(H,20,24)/t10-,13?,14-,17?,18?/m0/s1. The average molecular weight is 363 g/mol. The summed E-state index contributed by atoms with van der Waals surface area (Å²) in [7, 11) is 3.25. The van der Waals surface area contributed by atoms with Crippen LogP contribution in [-0.4, -0.2) is 43.9 Å². The lowest BCUT2D eigenvalue weighted by Gasteiger charge is -2.25. The molecule has 0 radical (unpaired) electrons. The van der Waals surface area contributed by atoms with Gasteiger partial charge >= 0.3 is 0 Å². The first kappa shape index (κ1) is 18.9. The summed E-state index contributed by atoms with van der Waals surface area (Å²) >= 11 is 0. The second-order valence-corrected chi connectivity index (χ2v) is 7.20. The normalized spacial score (nSPS) is 26.0. The van der Waals surface area contributed by atoms with Crippen LogP contribution < -0.4 is 25.6 Å². The van der Waals surface area contributed by atoms with Crippen molar-refractivity contribution in [2.24, 2.45) is 11.8 Å². The highest BCUT2D eigenvalue weighted by atomic mass is 16.5. The van der Waals surface area contributed by atoms with Crippen LogP contribution in [0.4, 0.5) is 0 Å². The Hall–Kier alpha value is -1.83. The Morgan fingerprint density at radius 3 is 2.62 bits per heavy atom. The minimum absolute atomic E-state index is 0.0520. The number of aliphatic hydroxyl groups is 1. The third kappa shape index (κ3) is 3.26. The molecule has 0 bridgehead atoms. The molecule has 1 aliphatic carbocycles. The number of rotatable bonds is 7. The SMILES string of the molecule is CC[C@H](C)[C@H](CO)NC(=O)C1NNC2c3cc(OC)c(OC)cc3CC12. The van der Waals surface area contributed by atoms with Gasteiger partial charge in [-0.1, -0.05) is 20.3 Å². The Balaban J connectivity index is 1.76. The molecular formula is C19H29N3O4. The zero-order valence-electron chi connectivity index (χ0n) is 15.8. The Labute approximate surface area is 154 Å². The molecule has 3 unspecified atom stereocenters. The zero-order chi connectivity index (χ0) is 18.8. The van der Waals surface area contributed by atoms with Crippen molar-refractivity contribution in [3.8, 4) is 11.5 Å². The molecule has 26 heavy (non-hydrogen) atoms. The minimum atomic E-state index is -0.345. The largest absolute Gasteiger partial charge is 0.493 e. The van der Waals surface area contributed by atoms with E-state index in [1.54, 1.807) is 14.2 Å². The molecule has 1 aromatic rings. The number of carbonyl (C=O) groups is 1. The molecule has 7 nitrogen and oxygen atoms in total. The molecule has 3 rings (SSSR count). The minimum Gasteiger partial charge on any atom is -0.493 e. The smallest absolute Gasteiger partial charge is 0.239 e. The zero-order valence-corrected chi connectivity index (χ0v) is 15.8. The number of carbonyl (C=O) groups excluding carboxylic acids is 1. The number of hydrogen-bond acceptors (Lipinski definition) is 6. The number of benzene rings is 1. The highest BCUT2D eigenvalue weighted by Crippen LogP contribution is 2.45. The van der Waals surface area contributed by atoms with Crippen molar-refractivity contribution in [2.75, 3.05) is 20.8 Å². The molecule has 5 atom stereocenters. The molecule has 7 heteroatoms. The van der Waals surface area contributed by atoms with Crippen LogP contribution in [-0.2, 0) is 11.2 Å². The predicted octanol–water partition coefficient (Wildman–Crippen LogP) is 0.917. The van der Waals surface area contributed by atoms with Crippen molar-refractivity contribution in [3.63, 3.8) is 0 Å². The van der Waals surface area contributed by atoms with Crippen molar-refractivity contribution >= 4 is 5.91 Å².